The Hall–Kier alpha value is -1.84. The predicted molar refractivity (Wildman–Crippen MR) is 85.0 cm³/mol. The molecule has 2 N–H and O–H groups in total. The van der Waals surface area contributed by atoms with Gasteiger partial charge in [0.25, 0.3) is 0 Å². The Morgan fingerprint density at radius 3 is 2.43 bits per heavy atom. The fourth-order valence-electron chi connectivity index (χ4n) is 2.11. The number of carbonyl (C=O) groups is 2. The van der Waals surface area contributed by atoms with Gasteiger partial charge in [-0.1, -0.05) is 43.7 Å². The molecule has 0 aromatic heterocycles. The summed E-state index contributed by atoms with van der Waals surface area (Å²) < 4.78 is 0. The van der Waals surface area contributed by atoms with Gasteiger partial charge in [-0.25, -0.2) is 0 Å². The number of hydrogen-bond donors (Lipinski definition) is 2. The van der Waals surface area contributed by atoms with Crippen molar-refractivity contribution in [2.24, 2.45) is 0 Å². The van der Waals surface area contributed by atoms with E-state index in [-0.39, 0.29) is 11.8 Å². The number of rotatable bonds is 9. The molecule has 0 saturated heterocycles. The Morgan fingerprint density at radius 2 is 1.76 bits per heavy atom. The first-order valence-electron chi connectivity index (χ1n) is 7.65. The quantitative estimate of drug-likeness (QED) is 0.687. The lowest BCUT2D eigenvalue weighted by Crippen LogP contribution is -2.27. The summed E-state index contributed by atoms with van der Waals surface area (Å²) in [6.45, 7) is 5.00. The van der Waals surface area contributed by atoms with Crippen molar-refractivity contribution < 1.29 is 9.59 Å². The summed E-state index contributed by atoms with van der Waals surface area (Å²) in [6, 6.07) is 10.2. The van der Waals surface area contributed by atoms with Crippen LogP contribution >= 0.6 is 0 Å². The average molecular weight is 290 g/mol. The summed E-state index contributed by atoms with van der Waals surface area (Å²) >= 11 is 0. The van der Waals surface area contributed by atoms with E-state index in [9.17, 15) is 9.59 Å². The van der Waals surface area contributed by atoms with Crippen molar-refractivity contribution in [1.29, 1.82) is 0 Å². The smallest absolute Gasteiger partial charge is 0.220 e. The SMILES string of the molecule is CC(=O)NCCCCCC(=O)NCC(C)c1ccccc1. The molecule has 1 unspecified atom stereocenters. The van der Waals surface area contributed by atoms with E-state index in [1.54, 1.807) is 0 Å². The van der Waals surface area contributed by atoms with Gasteiger partial charge in [-0.3, -0.25) is 9.59 Å². The van der Waals surface area contributed by atoms with Gasteiger partial charge in [0.15, 0.2) is 0 Å². The second-order valence-corrected chi connectivity index (χ2v) is 5.41. The second kappa shape index (κ2) is 9.97. The van der Waals surface area contributed by atoms with E-state index in [1.165, 1.54) is 12.5 Å². The van der Waals surface area contributed by atoms with Crippen LogP contribution in [0.25, 0.3) is 0 Å². The monoisotopic (exact) mass is 290 g/mol. The van der Waals surface area contributed by atoms with Crippen LogP contribution in [0.1, 0.15) is 51.0 Å². The molecule has 0 radical (unpaired) electrons. The Labute approximate surface area is 127 Å². The number of benzene rings is 1. The third-order valence-electron chi connectivity index (χ3n) is 3.43. The Balaban J connectivity index is 2.07. The fourth-order valence-corrected chi connectivity index (χ4v) is 2.11. The van der Waals surface area contributed by atoms with Crippen LogP contribution in [0.3, 0.4) is 0 Å². The van der Waals surface area contributed by atoms with Gasteiger partial charge >= 0.3 is 0 Å². The zero-order valence-electron chi connectivity index (χ0n) is 13.0. The predicted octanol–water partition coefficient (Wildman–Crippen LogP) is 2.60. The zero-order valence-corrected chi connectivity index (χ0v) is 13.0. The maximum Gasteiger partial charge on any atom is 0.220 e. The lowest BCUT2D eigenvalue weighted by atomic mass is 10.0. The van der Waals surface area contributed by atoms with Gasteiger partial charge in [0.1, 0.15) is 0 Å². The van der Waals surface area contributed by atoms with E-state index in [2.05, 4.69) is 29.7 Å². The molecule has 0 aliphatic rings. The molecule has 1 aromatic rings. The Kier molecular flexibility index (Phi) is 8.17. The van der Waals surface area contributed by atoms with Crippen molar-refractivity contribution in [1.82, 2.24) is 10.6 Å². The molecule has 4 heteroatoms. The number of nitrogens with one attached hydrogen (secondary N) is 2. The highest BCUT2D eigenvalue weighted by atomic mass is 16.2. The first-order chi connectivity index (χ1) is 10.1. The van der Waals surface area contributed by atoms with Gasteiger partial charge in [-0.05, 0) is 24.3 Å². The van der Waals surface area contributed by atoms with E-state index in [0.717, 1.165) is 19.3 Å². The highest BCUT2D eigenvalue weighted by Crippen LogP contribution is 2.13. The highest BCUT2D eigenvalue weighted by Gasteiger charge is 2.07. The van der Waals surface area contributed by atoms with Crippen LogP contribution < -0.4 is 10.6 Å². The molecule has 2 amide bonds. The topological polar surface area (TPSA) is 58.2 Å². The summed E-state index contributed by atoms with van der Waals surface area (Å²) in [4.78, 5) is 22.4. The lowest BCUT2D eigenvalue weighted by Gasteiger charge is -2.13. The number of unbranched alkanes of at least 4 members (excludes halogenated alkanes) is 2. The van der Waals surface area contributed by atoms with E-state index < -0.39 is 0 Å². The lowest BCUT2D eigenvalue weighted by molar-refractivity contribution is -0.121. The zero-order chi connectivity index (χ0) is 15.5. The van der Waals surface area contributed by atoms with Crippen LogP contribution in [0.15, 0.2) is 30.3 Å². The second-order valence-electron chi connectivity index (χ2n) is 5.41. The van der Waals surface area contributed by atoms with Crippen molar-refractivity contribution in [3.8, 4) is 0 Å². The third kappa shape index (κ3) is 8.12. The van der Waals surface area contributed by atoms with Gasteiger partial charge in [0.2, 0.25) is 11.8 Å². The van der Waals surface area contributed by atoms with Crippen molar-refractivity contribution >= 4 is 11.8 Å². The Bertz CT molecular complexity index is 432. The number of amides is 2. The minimum Gasteiger partial charge on any atom is -0.356 e. The molecule has 0 heterocycles. The molecule has 4 nitrogen and oxygen atoms in total. The minimum atomic E-state index is 0.00245. The first-order valence-corrected chi connectivity index (χ1v) is 7.65. The van der Waals surface area contributed by atoms with Crippen LogP contribution in [0, 0.1) is 0 Å². The molecule has 1 aromatic carbocycles. The molecule has 0 aliphatic heterocycles. The van der Waals surface area contributed by atoms with Crippen LogP contribution in [0.2, 0.25) is 0 Å². The maximum atomic E-state index is 11.7. The molecule has 1 rings (SSSR count). The van der Waals surface area contributed by atoms with Crippen molar-refractivity contribution in [3.63, 3.8) is 0 Å². The van der Waals surface area contributed by atoms with Crippen molar-refractivity contribution in [3.05, 3.63) is 35.9 Å². The van der Waals surface area contributed by atoms with Crippen LogP contribution in [0.4, 0.5) is 0 Å². The largest absolute Gasteiger partial charge is 0.356 e. The molecule has 21 heavy (non-hydrogen) atoms. The van der Waals surface area contributed by atoms with Gasteiger partial charge < -0.3 is 10.6 Å². The molecule has 0 spiro atoms. The average Bonchev–Trinajstić information content (AvgIpc) is 2.49. The van der Waals surface area contributed by atoms with E-state index >= 15 is 0 Å². The highest BCUT2D eigenvalue weighted by molar-refractivity contribution is 5.75. The molecular formula is C17H26N2O2. The summed E-state index contributed by atoms with van der Waals surface area (Å²) in [5, 5.41) is 5.73. The molecule has 1 atom stereocenters. The van der Waals surface area contributed by atoms with E-state index in [1.807, 2.05) is 18.2 Å². The summed E-state index contributed by atoms with van der Waals surface area (Å²) in [5.74, 6) is 0.440. The van der Waals surface area contributed by atoms with Crippen LogP contribution in [0.5, 0.6) is 0 Å². The molecular weight excluding hydrogens is 264 g/mol. The van der Waals surface area contributed by atoms with Gasteiger partial charge in [0.05, 0.1) is 0 Å². The van der Waals surface area contributed by atoms with Crippen LogP contribution in [-0.2, 0) is 9.59 Å². The molecule has 0 bridgehead atoms. The van der Waals surface area contributed by atoms with Gasteiger partial charge in [-0.15, -0.1) is 0 Å². The van der Waals surface area contributed by atoms with E-state index in [4.69, 9.17) is 0 Å². The summed E-state index contributed by atoms with van der Waals surface area (Å²) in [5.41, 5.74) is 1.24. The molecule has 116 valence electrons. The summed E-state index contributed by atoms with van der Waals surface area (Å²) in [7, 11) is 0. The van der Waals surface area contributed by atoms with Gasteiger partial charge in [0, 0.05) is 26.4 Å². The minimum absolute atomic E-state index is 0.00245. The first kappa shape index (κ1) is 17.2. The Morgan fingerprint density at radius 1 is 1.05 bits per heavy atom. The number of hydrogen-bond acceptors (Lipinski definition) is 2. The molecule has 0 fully saturated rings. The van der Waals surface area contributed by atoms with Gasteiger partial charge in [-0.2, -0.15) is 0 Å². The molecule has 0 saturated carbocycles. The standard InChI is InChI=1S/C17H26N2O2/c1-14(16-9-5-3-6-10-16)13-19-17(21)11-7-4-8-12-18-15(2)20/h3,5-6,9-10,14H,4,7-8,11-13H2,1-2H3,(H,18,20)(H,19,21). The normalized spacial score (nSPS) is 11.7. The number of carbonyl (C=O) groups excluding carboxylic acids is 2. The van der Waals surface area contributed by atoms with Crippen molar-refractivity contribution in [2.75, 3.05) is 13.1 Å². The molecule has 0 aliphatic carbocycles. The van der Waals surface area contributed by atoms with Crippen LogP contribution in [-0.4, -0.2) is 24.9 Å². The fraction of sp³-hybridized carbons (Fsp3) is 0.529. The van der Waals surface area contributed by atoms with E-state index in [0.29, 0.717) is 25.4 Å². The van der Waals surface area contributed by atoms with Crippen molar-refractivity contribution in [2.45, 2.75) is 45.4 Å². The third-order valence-corrected chi connectivity index (χ3v) is 3.43. The summed E-state index contributed by atoms with van der Waals surface area (Å²) in [6.07, 6.45) is 3.31. The maximum absolute atomic E-state index is 11.7.